The number of rotatable bonds is 3. The third-order valence-corrected chi connectivity index (χ3v) is 7.99. The number of carbonyl (C=O) groups is 1. The summed E-state index contributed by atoms with van der Waals surface area (Å²) >= 11 is 1.70. The van der Waals surface area contributed by atoms with Crippen molar-refractivity contribution in [1.82, 2.24) is 4.90 Å². The quantitative estimate of drug-likeness (QED) is 0.305. The molecule has 2 aliphatic rings. The summed E-state index contributed by atoms with van der Waals surface area (Å²) in [6.07, 6.45) is 0.733. The number of urea groups is 1. The fourth-order valence-corrected chi connectivity index (χ4v) is 6.24. The number of fused-ring (bicyclic) bond motifs is 3. The molecule has 4 aromatic rings. The van der Waals surface area contributed by atoms with Crippen LogP contribution in [0.15, 0.2) is 101 Å². The minimum Gasteiger partial charge on any atom is -0.493 e. The van der Waals surface area contributed by atoms with Gasteiger partial charge in [-0.05, 0) is 59.5 Å². The third kappa shape index (κ3) is 3.69. The molecule has 180 valence electrons. The number of hydrogen-bond acceptors (Lipinski definition) is 4. The van der Waals surface area contributed by atoms with Crippen molar-refractivity contribution in [2.45, 2.75) is 22.3 Å². The molecule has 4 aromatic carbocycles. The Labute approximate surface area is 215 Å². The molecule has 2 aliphatic heterocycles. The van der Waals surface area contributed by atoms with Crippen LogP contribution in [0.4, 0.5) is 16.2 Å². The average Bonchev–Trinajstić information content (AvgIpc) is 2.94. The number of ether oxygens (including phenoxy) is 2. The minimum atomic E-state index is -0.254. The van der Waals surface area contributed by atoms with Gasteiger partial charge >= 0.3 is 6.03 Å². The van der Waals surface area contributed by atoms with Gasteiger partial charge in [-0.25, -0.2) is 4.79 Å². The van der Waals surface area contributed by atoms with Crippen molar-refractivity contribution >= 4 is 29.2 Å². The van der Waals surface area contributed by atoms with E-state index in [1.807, 2.05) is 76.5 Å². The molecule has 0 fully saturated rings. The second-order valence-corrected chi connectivity index (χ2v) is 9.90. The summed E-state index contributed by atoms with van der Waals surface area (Å²) in [6.45, 7) is 0.592. The van der Waals surface area contributed by atoms with Gasteiger partial charge in [-0.3, -0.25) is 4.90 Å². The molecule has 36 heavy (non-hydrogen) atoms. The predicted octanol–water partition coefficient (Wildman–Crippen LogP) is 7.07. The van der Waals surface area contributed by atoms with Crippen LogP contribution in [0.25, 0.3) is 0 Å². The Morgan fingerprint density at radius 1 is 0.806 bits per heavy atom. The molecule has 0 aromatic heterocycles. The molecule has 2 amide bonds. The second-order valence-electron chi connectivity index (χ2n) is 8.82. The first kappa shape index (κ1) is 22.6. The molecule has 0 N–H and O–H groups in total. The molecule has 1 unspecified atom stereocenters. The highest BCUT2D eigenvalue weighted by Gasteiger charge is 2.38. The van der Waals surface area contributed by atoms with Crippen LogP contribution < -0.4 is 14.4 Å². The highest BCUT2D eigenvalue weighted by atomic mass is 32.2. The lowest BCUT2D eigenvalue weighted by Crippen LogP contribution is -2.47. The topological polar surface area (TPSA) is 42.0 Å². The Hall–Kier alpha value is -3.90. The van der Waals surface area contributed by atoms with Crippen molar-refractivity contribution in [3.05, 3.63) is 108 Å². The maximum Gasteiger partial charge on any atom is 0.329 e. The minimum absolute atomic E-state index is 0.0375. The largest absolute Gasteiger partial charge is 0.493 e. The van der Waals surface area contributed by atoms with Gasteiger partial charge in [0, 0.05) is 16.3 Å². The molecule has 0 aliphatic carbocycles. The summed E-state index contributed by atoms with van der Waals surface area (Å²) in [7, 11) is 3.30. The van der Waals surface area contributed by atoms with Crippen molar-refractivity contribution in [3.8, 4) is 11.5 Å². The SMILES string of the molecule is COc1cc2c(cc1OC)C(c1ccccc1)N(C(=O)N1c3ccccc3Sc3ccccc31)CC2. The molecular weight excluding hydrogens is 468 g/mol. The molecule has 0 saturated carbocycles. The summed E-state index contributed by atoms with van der Waals surface area (Å²) < 4.78 is 11.2. The lowest BCUT2D eigenvalue weighted by Gasteiger charge is -2.42. The van der Waals surface area contributed by atoms with E-state index in [-0.39, 0.29) is 12.1 Å². The monoisotopic (exact) mass is 494 g/mol. The van der Waals surface area contributed by atoms with Crippen LogP contribution in [0.3, 0.4) is 0 Å². The Bertz CT molecular complexity index is 1390. The van der Waals surface area contributed by atoms with Gasteiger partial charge < -0.3 is 14.4 Å². The highest BCUT2D eigenvalue weighted by molar-refractivity contribution is 7.99. The van der Waals surface area contributed by atoms with E-state index in [9.17, 15) is 4.79 Å². The van der Waals surface area contributed by atoms with Crippen molar-refractivity contribution in [1.29, 1.82) is 0 Å². The number of anilines is 2. The maximum atomic E-state index is 14.5. The van der Waals surface area contributed by atoms with E-state index in [1.165, 1.54) is 5.56 Å². The van der Waals surface area contributed by atoms with E-state index >= 15 is 0 Å². The van der Waals surface area contributed by atoms with Crippen LogP contribution in [0.1, 0.15) is 22.7 Å². The van der Waals surface area contributed by atoms with E-state index in [1.54, 1.807) is 26.0 Å². The number of benzene rings is 4. The van der Waals surface area contributed by atoms with Crippen molar-refractivity contribution in [2.24, 2.45) is 0 Å². The molecule has 6 heteroatoms. The van der Waals surface area contributed by atoms with Crippen LogP contribution in [0.2, 0.25) is 0 Å². The Morgan fingerprint density at radius 3 is 2.03 bits per heavy atom. The Morgan fingerprint density at radius 2 is 1.39 bits per heavy atom. The number of hydrogen-bond donors (Lipinski definition) is 0. The van der Waals surface area contributed by atoms with Gasteiger partial charge in [-0.2, -0.15) is 0 Å². The number of methoxy groups -OCH3 is 2. The van der Waals surface area contributed by atoms with Crippen LogP contribution in [-0.4, -0.2) is 31.7 Å². The maximum absolute atomic E-state index is 14.5. The number of carbonyl (C=O) groups excluding carboxylic acids is 1. The number of nitrogens with zero attached hydrogens (tertiary/aromatic N) is 2. The van der Waals surface area contributed by atoms with Crippen LogP contribution in [-0.2, 0) is 6.42 Å². The van der Waals surface area contributed by atoms with Crippen LogP contribution >= 0.6 is 11.8 Å². The smallest absolute Gasteiger partial charge is 0.329 e. The highest BCUT2D eigenvalue weighted by Crippen LogP contribution is 2.49. The summed E-state index contributed by atoms with van der Waals surface area (Å²) in [6, 6.07) is 30.2. The van der Waals surface area contributed by atoms with Crippen LogP contribution in [0, 0.1) is 0 Å². The van der Waals surface area contributed by atoms with E-state index in [0.29, 0.717) is 18.0 Å². The van der Waals surface area contributed by atoms with E-state index in [0.717, 1.165) is 38.7 Å². The summed E-state index contributed by atoms with van der Waals surface area (Å²) in [5.74, 6) is 1.37. The van der Waals surface area contributed by atoms with E-state index < -0.39 is 0 Å². The molecule has 0 spiro atoms. The zero-order valence-corrected chi connectivity index (χ0v) is 21.0. The fraction of sp³-hybridized carbons (Fsp3) is 0.167. The Kier molecular flexibility index (Phi) is 5.82. The summed E-state index contributed by atoms with van der Waals surface area (Å²) in [5.41, 5.74) is 5.12. The normalized spacial score (nSPS) is 16.0. The van der Waals surface area contributed by atoms with Crippen molar-refractivity contribution in [3.63, 3.8) is 0 Å². The first-order valence-corrected chi connectivity index (χ1v) is 12.8. The molecule has 0 saturated heterocycles. The van der Waals surface area contributed by atoms with Gasteiger partial charge in [-0.1, -0.05) is 66.4 Å². The van der Waals surface area contributed by atoms with Gasteiger partial charge in [-0.15, -0.1) is 0 Å². The third-order valence-electron chi connectivity index (χ3n) is 6.86. The fourth-order valence-electron chi connectivity index (χ4n) is 5.19. The molecule has 2 heterocycles. The molecule has 5 nitrogen and oxygen atoms in total. The van der Waals surface area contributed by atoms with Gasteiger partial charge in [0.05, 0.1) is 31.6 Å². The predicted molar refractivity (Wildman–Crippen MR) is 143 cm³/mol. The van der Waals surface area contributed by atoms with Crippen molar-refractivity contribution < 1.29 is 14.3 Å². The lowest BCUT2D eigenvalue weighted by atomic mass is 9.87. The number of amides is 2. The Balaban J connectivity index is 1.50. The van der Waals surface area contributed by atoms with Gasteiger partial charge in [0.1, 0.15) is 0 Å². The first-order valence-electron chi connectivity index (χ1n) is 12.0. The summed E-state index contributed by atoms with van der Waals surface area (Å²) in [4.78, 5) is 20.6. The molecule has 0 radical (unpaired) electrons. The zero-order valence-electron chi connectivity index (χ0n) is 20.2. The molecule has 1 atom stereocenters. The lowest BCUT2D eigenvalue weighted by molar-refractivity contribution is 0.189. The van der Waals surface area contributed by atoms with Gasteiger partial charge in [0.2, 0.25) is 0 Å². The summed E-state index contributed by atoms with van der Waals surface area (Å²) in [5, 5.41) is 0. The van der Waals surface area contributed by atoms with Crippen LogP contribution in [0.5, 0.6) is 11.5 Å². The van der Waals surface area contributed by atoms with E-state index in [2.05, 4.69) is 24.3 Å². The van der Waals surface area contributed by atoms with Crippen molar-refractivity contribution in [2.75, 3.05) is 25.7 Å². The number of para-hydroxylation sites is 2. The molecular formula is C30H26N2O3S. The second kappa shape index (κ2) is 9.28. The molecule has 0 bridgehead atoms. The van der Waals surface area contributed by atoms with Gasteiger partial charge in [0.25, 0.3) is 0 Å². The van der Waals surface area contributed by atoms with Gasteiger partial charge in [0.15, 0.2) is 11.5 Å². The first-order chi connectivity index (χ1) is 17.7. The standard InChI is InChI=1S/C30H26N2O3S/c1-34-25-18-21-16-17-31(29(20-10-4-3-5-11-20)22(21)19-26(25)35-2)30(33)32-23-12-6-8-14-27(23)36-28-15-9-7-13-24(28)32/h3-15,18-19,29H,16-17H2,1-2H3. The zero-order chi connectivity index (χ0) is 24.6. The average molecular weight is 495 g/mol. The van der Waals surface area contributed by atoms with E-state index in [4.69, 9.17) is 9.47 Å². The molecule has 6 rings (SSSR count).